The van der Waals surface area contributed by atoms with Crippen molar-refractivity contribution >= 4 is 11.9 Å². The highest BCUT2D eigenvalue weighted by molar-refractivity contribution is 5.91. The van der Waals surface area contributed by atoms with Crippen LogP contribution >= 0.6 is 0 Å². The minimum atomic E-state index is -0.249. The number of carbonyl (C=O) groups excluding carboxylic acids is 1. The summed E-state index contributed by atoms with van der Waals surface area (Å²) in [7, 11) is 1.55. The number of nitrogens with one attached hydrogen (secondary N) is 1. The van der Waals surface area contributed by atoms with E-state index < -0.39 is 0 Å². The van der Waals surface area contributed by atoms with E-state index in [4.69, 9.17) is 5.73 Å². The Labute approximate surface area is 91.3 Å². The summed E-state index contributed by atoms with van der Waals surface area (Å²) in [4.78, 5) is 19.0. The molecule has 2 rings (SSSR count). The number of hydrogen-bond donors (Lipinski definition) is 2. The standard InChI is InChI=1S/C9H10N6O/c1-11-8(16)6-3-5-15(14-6)7-2-4-12-9(10)13-7/h2-5H,1H3,(H,11,16)(H2,10,12,13). The quantitative estimate of drug-likeness (QED) is 0.714. The lowest BCUT2D eigenvalue weighted by Gasteiger charge is -1.99. The molecule has 0 radical (unpaired) electrons. The highest BCUT2D eigenvalue weighted by Crippen LogP contribution is 2.04. The van der Waals surface area contributed by atoms with Gasteiger partial charge in [-0.3, -0.25) is 4.79 Å². The summed E-state index contributed by atoms with van der Waals surface area (Å²) >= 11 is 0. The average Bonchev–Trinajstić information content (AvgIpc) is 2.77. The molecule has 2 heterocycles. The van der Waals surface area contributed by atoms with Crippen molar-refractivity contribution in [2.24, 2.45) is 0 Å². The molecule has 0 aliphatic heterocycles. The first-order valence-corrected chi connectivity index (χ1v) is 4.57. The van der Waals surface area contributed by atoms with Gasteiger partial charge in [-0.2, -0.15) is 10.1 Å². The van der Waals surface area contributed by atoms with Crippen LogP contribution < -0.4 is 11.1 Å². The van der Waals surface area contributed by atoms with Crippen molar-refractivity contribution < 1.29 is 4.79 Å². The average molecular weight is 218 g/mol. The molecule has 1 amide bonds. The number of carbonyl (C=O) groups is 1. The largest absolute Gasteiger partial charge is 0.368 e. The fourth-order valence-electron chi connectivity index (χ4n) is 1.19. The van der Waals surface area contributed by atoms with E-state index >= 15 is 0 Å². The Balaban J connectivity index is 2.35. The molecule has 0 saturated heterocycles. The number of nitrogens with zero attached hydrogens (tertiary/aromatic N) is 4. The van der Waals surface area contributed by atoms with Gasteiger partial charge in [0.1, 0.15) is 0 Å². The van der Waals surface area contributed by atoms with Crippen molar-refractivity contribution in [3.8, 4) is 5.82 Å². The van der Waals surface area contributed by atoms with Crippen LogP contribution in [0.5, 0.6) is 0 Å². The van der Waals surface area contributed by atoms with Crippen LogP contribution in [0.15, 0.2) is 24.5 Å². The molecule has 0 atom stereocenters. The maximum Gasteiger partial charge on any atom is 0.271 e. The second-order valence-electron chi connectivity index (χ2n) is 3.00. The Bertz CT molecular complexity index is 520. The molecule has 2 aromatic rings. The highest BCUT2D eigenvalue weighted by Gasteiger charge is 2.08. The Kier molecular flexibility index (Phi) is 2.50. The van der Waals surface area contributed by atoms with Crippen molar-refractivity contribution in [1.82, 2.24) is 25.1 Å². The van der Waals surface area contributed by atoms with Gasteiger partial charge in [0.2, 0.25) is 5.95 Å². The van der Waals surface area contributed by atoms with Gasteiger partial charge >= 0.3 is 0 Å². The van der Waals surface area contributed by atoms with Crippen molar-refractivity contribution in [3.05, 3.63) is 30.2 Å². The van der Waals surface area contributed by atoms with Gasteiger partial charge in [0.05, 0.1) is 0 Å². The third kappa shape index (κ3) is 1.83. The SMILES string of the molecule is CNC(=O)c1ccn(-c2ccnc(N)n2)n1. The normalized spacial score (nSPS) is 10.1. The van der Waals surface area contributed by atoms with Gasteiger partial charge in [-0.15, -0.1) is 0 Å². The molecule has 0 unspecified atom stereocenters. The molecule has 0 bridgehead atoms. The third-order valence-corrected chi connectivity index (χ3v) is 1.94. The predicted molar refractivity (Wildman–Crippen MR) is 57.0 cm³/mol. The first-order chi connectivity index (χ1) is 7.70. The molecule has 3 N–H and O–H groups in total. The number of rotatable bonds is 2. The van der Waals surface area contributed by atoms with E-state index in [1.54, 1.807) is 25.4 Å². The second-order valence-corrected chi connectivity index (χ2v) is 3.00. The van der Waals surface area contributed by atoms with Crippen molar-refractivity contribution in [2.45, 2.75) is 0 Å². The van der Waals surface area contributed by atoms with E-state index in [1.807, 2.05) is 0 Å². The van der Waals surface area contributed by atoms with E-state index in [9.17, 15) is 4.79 Å². The lowest BCUT2D eigenvalue weighted by Crippen LogP contribution is -2.18. The Morgan fingerprint density at radius 1 is 1.50 bits per heavy atom. The smallest absolute Gasteiger partial charge is 0.271 e. The van der Waals surface area contributed by atoms with Crippen LogP contribution in [0.2, 0.25) is 0 Å². The maximum absolute atomic E-state index is 11.3. The number of nitrogens with two attached hydrogens (primary N) is 1. The van der Waals surface area contributed by atoms with Crippen LogP contribution in [0.4, 0.5) is 5.95 Å². The lowest BCUT2D eigenvalue weighted by molar-refractivity contribution is 0.0957. The summed E-state index contributed by atoms with van der Waals surface area (Å²) in [6.45, 7) is 0. The van der Waals surface area contributed by atoms with Crippen LogP contribution in [-0.2, 0) is 0 Å². The lowest BCUT2D eigenvalue weighted by atomic mass is 10.4. The molecular formula is C9H10N6O. The molecule has 82 valence electrons. The van der Waals surface area contributed by atoms with Gasteiger partial charge in [-0.25, -0.2) is 9.67 Å². The second kappa shape index (κ2) is 3.97. The first-order valence-electron chi connectivity index (χ1n) is 4.57. The van der Waals surface area contributed by atoms with Crippen LogP contribution in [0.1, 0.15) is 10.5 Å². The molecule has 0 aliphatic carbocycles. The summed E-state index contributed by atoms with van der Waals surface area (Å²) in [6, 6.07) is 3.24. The van der Waals surface area contributed by atoms with Gasteiger partial charge < -0.3 is 11.1 Å². The van der Waals surface area contributed by atoms with Gasteiger partial charge in [-0.1, -0.05) is 0 Å². The fourth-order valence-corrected chi connectivity index (χ4v) is 1.19. The Morgan fingerprint density at radius 3 is 3.00 bits per heavy atom. The molecule has 0 fully saturated rings. The van der Waals surface area contributed by atoms with E-state index in [-0.39, 0.29) is 11.9 Å². The molecule has 0 saturated carbocycles. The van der Waals surface area contributed by atoms with Crippen LogP contribution in [-0.4, -0.2) is 32.7 Å². The Hall–Kier alpha value is -2.44. The van der Waals surface area contributed by atoms with Crippen LogP contribution in [0.3, 0.4) is 0 Å². The number of amides is 1. The molecule has 7 heteroatoms. The topological polar surface area (TPSA) is 98.7 Å². The molecule has 7 nitrogen and oxygen atoms in total. The number of aromatic nitrogens is 4. The van der Waals surface area contributed by atoms with E-state index in [0.29, 0.717) is 11.5 Å². The zero-order chi connectivity index (χ0) is 11.5. The van der Waals surface area contributed by atoms with Gasteiger partial charge in [-0.05, 0) is 6.07 Å². The first kappa shape index (κ1) is 10.1. The summed E-state index contributed by atoms with van der Waals surface area (Å²) in [5.74, 6) is 0.429. The molecule has 2 aromatic heterocycles. The molecule has 16 heavy (non-hydrogen) atoms. The summed E-state index contributed by atoms with van der Waals surface area (Å²) < 4.78 is 1.46. The van der Waals surface area contributed by atoms with Crippen LogP contribution in [0, 0.1) is 0 Å². The third-order valence-electron chi connectivity index (χ3n) is 1.94. The summed E-state index contributed by atoms with van der Waals surface area (Å²) in [5, 5.41) is 6.54. The molecule has 0 aliphatic rings. The molecular weight excluding hydrogens is 208 g/mol. The van der Waals surface area contributed by atoms with Gasteiger partial charge in [0.25, 0.3) is 5.91 Å². The fraction of sp³-hybridized carbons (Fsp3) is 0.111. The Morgan fingerprint density at radius 2 is 2.31 bits per heavy atom. The zero-order valence-electron chi connectivity index (χ0n) is 8.58. The molecule has 0 spiro atoms. The van der Waals surface area contributed by atoms with Crippen molar-refractivity contribution in [2.75, 3.05) is 12.8 Å². The van der Waals surface area contributed by atoms with E-state index in [0.717, 1.165) is 0 Å². The summed E-state index contributed by atoms with van der Waals surface area (Å²) in [6.07, 6.45) is 3.16. The zero-order valence-corrected chi connectivity index (χ0v) is 8.58. The predicted octanol–water partition coefficient (Wildman–Crippen LogP) is -0.396. The summed E-state index contributed by atoms with van der Waals surface area (Å²) in [5.41, 5.74) is 5.77. The van der Waals surface area contributed by atoms with E-state index in [1.165, 1.54) is 10.9 Å². The van der Waals surface area contributed by atoms with Gasteiger partial charge in [0.15, 0.2) is 11.5 Å². The monoisotopic (exact) mass is 218 g/mol. The number of hydrogen-bond acceptors (Lipinski definition) is 5. The van der Waals surface area contributed by atoms with Crippen molar-refractivity contribution in [1.29, 1.82) is 0 Å². The number of nitrogen functional groups attached to an aromatic ring is 1. The molecule has 0 aromatic carbocycles. The van der Waals surface area contributed by atoms with E-state index in [2.05, 4.69) is 20.4 Å². The van der Waals surface area contributed by atoms with Crippen molar-refractivity contribution in [3.63, 3.8) is 0 Å². The minimum Gasteiger partial charge on any atom is -0.368 e. The van der Waals surface area contributed by atoms with Crippen LogP contribution in [0.25, 0.3) is 5.82 Å². The highest BCUT2D eigenvalue weighted by atomic mass is 16.1. The van der Waals surface area contributed by atoms with Gasteiger partial charge in [0, 0.05) is 25.5 Å². The number of anilines is 1. The maximum atomic E-state index is 11.3. The minimum absolute atomic E-state index is 0.162.